The maximum absolute atomic E-state index is 12.1. The lowest BCUT2D eigenvalue weighted by Crippen LogP contribution is -2.17. The third-order valence-electron chi connectivity index (χ3n) is 3.55. The second-order valence-corrected chi connectivity index (χ2v) is 4.90. The molecule has 0 bridgehead atoms. The van der Waals surface area contributed by atoms with Crippen LogP contribution in [0.1, 0.15) is 28.7 Å². The number of rotatable bonds is 3. The maximum Gasteiger partial charge on any atom is 0.303 e. The third kappa shape index (κ3) is 2.38. The number of fused-ring (bicyclic) bond motifs is 1. The molecule has 0 fully saturated rings. The summed E-state index contributed by atoms with van der Waals surface area (Å²) in [6, 6.07) is 3.99. The van der Waals surface area contributed by atoms with Crippen LogP contribution >= 0.6 is 0 Å². The Kier molecular flexibility index (Phi) is 3.42. The average Bonchev–Trinajstić information content (AvgIpc) is 2.33. The Balaban J connectivity index is 2.71. The van der Waals surface area contributed by atoms with Crippen molar-refractivity contribution in [2.45, 2.75) is 33.6 Å². The summed E-state index contributed by atoms with van der Waals surface area (Å²) >= 11 is 0. The van der Waals surface area contributed by atoms with Crippen LogP contribution in [-0.4, -0.2) is 16.1 Å². The van der Waals surface area contributed by atoms with E-state index in [2.05, 4.69) is 4.98 Å². The lowest BCUT2D eigenvalue weighted by molar-refractivity contribution is -0.136. The van der Waals surface area contributed by atoms with Crippen LogP contribution in [0.4, 0.5) is 0 Å². The van der Waals surface area contributed by atoms with Crippen molar-refractivity contribution < 1.29 is 9.90 Å². The van der Waals surface area contributed by atoms with Crippen molar-refractivity contribution in [1.82, 2.24) is 4.98 Å². The molecule has 0 aliphatic heterocycles. The molecule has 1 heterocycles. The SMILES string of the molecule is Cc1ccc(C)c2c(C)c(CCC(=O)O)c(=O)[nH]c12. The molecule has 0 saturated heterocycles. The van der Waals surface area contributed by atoms with Crippen molar-refractivity contribution in [1.29, 1.82) is 0 Å². The summed E-state index contributed by atoms with van der Waals surface area (Å²) in [4.78, 5) is 25.6. The molecule has 1 aromatic carbocycles. The maximum atomic E-state index is 12.1. The molecule has 4 nitrogen and oxygen atoms in total. The molecule has 0 amide bonds. The van der Waals surface area contributed by atoms with Crippen molar-refractivity contribution in [3.63, 3.8) is 0 Å². The van der Waals surface area contributed by atoms with Crippen molar-refractivity contribution in [2.75, 3.05) is 0 Å². The summed E-state index contributed by atoms with van der Waals surface area (Å²) in [5.74, 6) is -0.889. The van der Waals surface area contributed by atoms with Gasteiger partial charge in [0.15, 0.2) is 0 Å². The number of pyridine rings is 1. The summed E-state index contributed by atoms with van der Waals surface area (Å²) < 4.78 is 0. The first-order chi connectivity index (χ1) is 8.91. The first kappa shape index (κ1) is 13.3. The smallest absolute Gasteiger partial charge is 0.303 e. The van der Waals surface area contributed by atoms with Crippen LogP contribution in [0.5, 0.6) is 0 Å². The van der Waals surface area contributed by atoms with Gasteiger partial charge in [0.25, 0.3) is 5.56 Å². The number of benzene rings is 1. The average molecular weight is 259 g/mol. The number of aromatic amines is 1. The normalized spacial score (nSPS) is 10.9. The summed E-state index contributed by atoms with van der Waals surface area (Å²) in [6.45, 7) is 5.84. The number of aliphatic carboxylic acids is 1. The molecule has 4 heteroatoms. The number of carboxylic acids is 1. The minimum absolute atomic E-state index is 0.0275. The van der Waals surface area contributed by atoms with Gasteiger partial charge in [-0.3, -0.25) is 9.59 Å². The summed E-state index contributed by atoms with van der Waals surface area (Å²) in [6.07, 6.45) is 0.236. The quantitative estimate of drug-likeness (QED) is 0.889. The van der Waals surface area contributed by atoms with Crippen LogP contribution in [0.3, 0.4) is 0 Å². The van der Waals surface area contributed by atoms with E-state index in [9.17, 15) is 9.59 Å². The number of carbonyl (C=O) groups is 1. The third-order valence-corrected chi connectivity index (χ3v) is 3.55. The second kappa shape index (κ2) is 4.88. The van der Waals surface area contributed by atoms with Gasteiger partial charge < -0.3 is 10.1 Å². The van der Waals surface area contributed by atoms with Crippen molar-refractivity contribution in [2.24, 2.45) is 0 Å². The Morgan fingerprint density at radius 2 is 1.84 bits per heavy atom. The van der Waals surface area contributed by atoms with Gasteiger partial charge in [0, 0.05) is 17.4 Å². The van der Waals surface area contributed by atoms with Gasteiger partial charge in [0.1, 0.15) is 0 Å². The van der Waals surface area contributed by atoms with E-state index in [-0.39, 0.29) is 18.4 Å². The lowest BCUT2D eigenvalue weighted by atomic mass is 9.96. The number of aromatic nitrogens is 1. The molecule has 1 aromatic heterocycles. The van der Waals surface area contributed by atoms with Crippen molar-refractivity contribution in [3.05, 3.63) is 44.7 Å². The van der Waals surface area contributed by atoms with E-state index in [1.165, 1.54) is 0 Å². The number of hydrogen-bond acceptors (Lipinski definition) is 2. The van der Waals surface area contributed by atoms with Crippen LogP contribution in [0, 0.1) is 20.8 Å². The minimum Gasteiger partial charge on any atom is -0.481 e. The molecule has 2 aromatic rings. The van der Waals surface area contributed by atoms with E-state index in [1.807, 2.05) is 32.9 Å². The van der Waals surface area contributed by atoms with Gasteiger partial charge >= 0.3 is 5.97 Å². The molecule has 0 radical (unpaired) electrons. The van der Waals surface area contributed by atoms with Gasteiger partial charge in [-0.2, -0.15) is 0 Å². The highest BCUT2D eigenvalue weighted by atomic mass is 16.4. The minimum atomic E-state index is -0.889. The zero-order valence-electron chi connectivity index (χ0n) is 11.3. The molecule has 0 aliphatic carbocycles. The van der Waals surface area contributed by atoms with Gasteiger partial charge in [-0.1, -0.05) is 12.1 Å². The molecule has 0 spiro atoms. The van der Waals surface area contributed by atoms with E-state index < -0.39 is 5.97 Å². The van der Waals surface area contributed by atoms with Gasteiger partial charge in [-0.05, 0) is 43.9 Å². The summed E-state index contributed by atoms with van der Waals surface area (Å²) in [7, 11) is 0. The van der Waals surface area contributed by atoms with Crippen LogP contribution in [0.15, 0.2) is 16.9 Å². The molecule has 0 aliphatic rings. The Hall–Kier alpha value is -2.10. The number of nitrogens with one attached hydrogen (secondary N) is 1. The molecule has 0 unspecified atom stereocenters. The van der Waals surface area contributed by atoms with Crippen molar-refractivity contribution >= 4 is 16.9 Å². The van der Waals surface area contributed by atoms with Crippen LogP contribution in [-0.2, 0) is 11.2 Å². The van der Waals surface area contributed by atoms with E-state index >= 15 is 0 Å². The van der Waals surface area contributed by atoms with Gasteiger partial charge in [-0.15, -0.1) is 0 Å². The first-order valence-corrected chi connectivity index (χ1v) is 6.25. The lowest BCUT2D eigenvalue weighted by Gasteiger charge is -2.12. The van der Waals surface area contributed by atoms with Crippen LogP contribution < -0.4 is 5.56 Å². The number of H-pyrrole nitrogens is 1. The van der Waals surface area contributed by atoms with Crippen LogP contribution in [0.25, 0.3) is 10.9 Å². The van der Waals surface area contributed by atoms with Gasteiger partial charge in [0.05, 0.1) is 5.52 Å². The predicted molar refractivity (Wildman–Crippen MR) is 74.7 cm³/mol. The molecule has 0 atom stereocenters. The summed E-state index contributed by atoms with van der Waals surface area (Å²) in [5, 5.41) is 9.78. The first-order valence-electron chi connectivity index (χ1n) is 6.25. The Morgan fingerprint density at radius 1 is 1.21 bits per heavy atom. The fraction of sp³-hybridized carbons (Fsp3) is 0.333. The highest BCUT2D eigenvalue weighted by Gasteiger charge is 2.13. The van der Waals surface area contributed by atoms with Gasteiger partial charge in [-0.25, -0.2) is 0 Å². The fourth-order valence-electron chi connectivity index (χ4n) is 2.50. The zero-order chi connectivity index (χ0) is 14.2. The molecular weight excluding hydrogens is 242 g/mol. The highest BCUT2D eigenvalue weighted by Crippen LogP contribution is 2.24. The highest BCUT2D eigenvalue weighted by molar-refractivity contribution is 5.88. The van der Waals surface area contributed by atoms with E-state index in [1.54, 1.807) is 0 Å². The number of hydrogen-bond donors (Lipinski definition) is 2. The standard InChI is InChI=1S/C15H17NO3/c1-8-4-5-9(2)14-13(8)10(3)11(15(19)16-14)6-7-12(17)18/h4-5H,6-7H2,1-3H3,(H,16,19)(H,17,18). The zero-order valence-corrected chi connectivity index (χ0v) is 11.3. The second-order valence-electron chi connectivity index (χ2n) is 4.90. The molecule has 2 rings (SSSR count). The fourth-order valence-corrected chi connectivity index (χ4v) is 2.50. The number of carboxylic acid groups (broad SMARTS) is 1. The van der Waals surface area contributed by atoms with Crippen molar-refractivity contribution in [3.8, 4) is 0 Å². The molecule has 100 valence electrons. The predicted octanol–water partition coefficient (Wildman–Crippen LogP) is 2.47. The van der Waals surface area contributed by atoms with E-state index in [0.717, 1.165) is 27.6 Å². The Morgan fingerprint density at radius 3 is 2.47 bits per heavy atom. The molecule has 19 heavy (non-hydrogen) atoms. The van der Waals surface area contributed by atoms with Crippen LogP contribution in [0.2, 0.25) is 0 Å². The topological polar surface area (TPSA) is 70.2 Å². The monoisotopic (exact) mass is 259 g/mol. The van der Waals surface area contributed by atoms with E-state index in [4.69, 9.17) is 5.11 Å². The van der Waals surface area contributed by atoms with Gasteiger partial charge in [0.2, 0.25) is 0 Å². The molecule has 2 N–H and O–H groups in total. The Bertz CT molecular complexity index is 713. The number of aryl methyl sites for hydroxylation is 3. The molecular formula is C15H17NO3. The molecule has 0 saturated carbocycles. The largest absolute Gasteiger partial charge is 0.481 e. The summed E-state index contributed by atoms with van der Waals surface area (Å²) in [5.41, 5.74) is 4.24. The van der Waals surface area contributed by atoms with E-state index in [0.29, 0.717) is 5.56 Å². The Labute approximate surface area is 111 Å².